The highest BCUT2D eigenvalue weighted by molar-refractivity contribution is 5.83. The molecule has 1 rings (SSSR count). The molecule has 0 saturated carbocycles. The second-order valence-electron chi connectivity index (χ2n) is 2.53. The zero-order valence-electron chi connectivity index (χ0n) is 6.42. The third-order valence-corrected chi connectivity index (χ3v) is 1.54. The van der Waals surface area contributed by atoms with Crippen molar-refractivity contribution in [3.8, 4) is 0 Å². The summed E-state index contributed by atoms with van der Waals surface area (Å²) in [5, 5.41) is 2.62. The van der Waals surface area contributed by atoms with Gasteiger partial charge in [-0.1, -0.05) is 0 Å². The number of nitrogens with one attached hydrogen (secondary N) is 1. The standard InChI is InChI=1S/C7H11NO3/c1-5(9)11-6-3-2-4-8-7(6)10/h6H,2-4H2,1H3,(H,8,10). The Kier molecular flexibility index (Phi) is 2.46. The summed E-state index contributed by atoms with van der Waals surface area (Å²) in [6.45, 7) is 2.00. The van der Waals surface area contributed by atoms with Crippen LogP contribution in [0.15, 0.2) is 0 Å². The monoisotopic (exact) mass is 157 g/mol. The maximum atomic E-state index is 10.9. The Labute approximate surface area is 64.9 Å². The molecule has 1 amide bonds. The van der Waals surface area contributed by atoms with E-state index in [2.05, 4.69) is 5.32 Å². The minimum atomic E-state index is -0.554. The van der Waals surface area contributed by atoms with E-state index >= 15 is 0 Å². The number of piperidine rings is 1. The molecule has 0 aromatic carbocycles. The minimum Gasteiger partial charge on any atom is -0.452 e. The molecule has 0 aromatic heterocycles. The summed E-state index contributed by atoms with van der Waals surface area (Å²) >= 11 is 0. The van der Waals surface area contributed by atoms with Gasteiger partial charge in [-0.25, -0.2) is 0 Å². The van der Waals surface area contributed by atoms with Gasteiger partial charge in [-0.05, 0) is 12.8 Å². The maximum Gasteiger partial charge on any atom is 0.303 e. The van der Waals surface area contributed by atoms with Crippen molar-refractivity contribution in [2.75, 3.05) is 6.54 Å². The van der Waals surface area contributed by atoms with Gasteiger partial charge in [-0.3, -0.25) is 9.59 Å². The van der Waals surface area contributed by atoms with Crippen LogP contribution in [0.2, 0.25) is 0 Å². The molecule has 1 saturated heterocycles. The molecule has 1 N–H and O–H groups in total. The summed E-state index contributed by atoms with van der Waals surface area (Å²) in [5.74, 6) is -0.571. The first-order chi connectivity index (χ1) is 5.20. The predicted molar refractivity (Wildman–Crippen MR) is 37.8 cm³/mol. The largest absolute Gasteiger partial charge is 0.452 e. The van der Waals surface area contributed by atoms with Crippen molar-refractivity contribution < 1.29 is 14.3 Å². The summed E-state index contributed by atoms with van der Waals surface area (Å²) < 4.78 is 4.75. The lowest BCUT2D eigenvalue weighted by atomic mass is 10.1. The van der Waals surface area contributed by atoms with E-state index in [9.17, 15) is 9.59 Å². The van der Waals surface area contributed by atoms with Crippen molar-refractivity contribution in [1.82, 2.24) is 5.32 Å². The zero-order valence-corrected chi connectivity index (χ0v) is 6.42. The summed E-state index contributed by atoms with van der Waals surface area (Å²) in [6.07, 6.45) is 0.969. The van der Waals surface area contributed by atoms with Crippen LogP contribution in [-0.2, 0) is 14.3 Å². The van der Waals surface area contributed by atoms with Crippen LogP contribution in [0.1, 0.15) is 19.8 Å². The SMILES string of the molecule is CC(=O)OC1CCCNC1=O. The molecule has 11 heavy (non-hydrogen) atoms. The van der Waals surface area contributed by atoms with E-state index in [1.54, 1.807) is 0 Å². The lowest BCUT2D eigenvalue weighted by Crippen LogP contribution is -2.42. The van der Waals surface area contributed by atoms with Crippen molar-refractivity contribution in [2.45, 2.75) is 25.9 Å². The van der Waals surface area contributed by atoms with Gasteiger partial charge in [0.1, 0.15) is 0 Å². The van der Waals surface area contributed by atoms with Gasteiger partial charge in [-0.15, -0.1) is 0 Å². The Bertz CT molecular complexity index is 179. The molecular weight excluding hydrogens is 146 g/mol. The Morgan fingerprint density at radius 1 is 1.73 bits per heavy atom. The zero-order chi connectivity index (χ0) is 8.27. The van der Waals surface area contributed by atoms with Gasteiger partial charge < -0.3 is 10.1 Å². The van der Waals surface area contributed by atoms with Gasteiger partial charge in [0, 0.05) is 13.5 Å². The number of amides is 1. The van der Waals surface area contributed by atoms with Crippen molar-refractivity contribution in [3.63, 3.8) is 0 Å². The molecule has 0 spiro atoms. The van der Waals surface area contributed by atoms with E-state index in [1.165, 1.54) is 6.92 Å². The van der Waals surface area contributed by atoms with Crippen molar-refractivity contribution in [1.29, 1.82) is 0 Å². The highest BCUT2D eigenvalue weighted by atomic mass is 16.5. The number of carbonyl (C=O) groups is 2. The molecule has 0 aromatic rings. The van der Waals surface area contributed by atoms with Crippen LogP contribution >= 0.6 is 0 Å². The second-order valence-corrected chi connectivity index (χ2v) is 2.53. The molecule has 62 valence electrons. The van der Waals surface area contributed by atoms with Gasteiger partial charge in [0.25, 0.3) is 5.91 Å². The van der Waals surface area contributed by atoms with Crippen LogP contribution in [0, 0.1) is 0 Å². The fourth-order valence-corrected chi connectivity index (χ4v) is 1.06. The number of rotatable bonds is 1. The van der Waals surface area contributed by atoms with Crippen LogP contribution in [-0.4, -0.2) is 24.5 Å². The maximum absolute atomic E-state index is 10.9. The Morgan fingerprint density at radius 2 is 2.45 bits per heavy atom. The normalized spacial score (nSPS) is 24.1. The van der Waals surface area contributed by atoms with Crippen LogP contribution < -0.4 is 5.32 Å². The number of hydrogen-bond acceptors (Lipinski definition) is 3. The molecule has 1 unspecified atom stereocenters. The van der Waals surface area contributed by atoms with Crippen molar-refractivity contribution in [2.24, 2.45) is 0 Å². The Hall–Kier alpha value is -1.06. The van der Waals surface area contributed by atoms with Crippen LogP contribution in [0.4, 0.5) is 0 Å². The fraction of sp³-hybridized carbons (Fsp3) is 0.714. The van der Waals surface area contributed by atoms with Crippen LogP contribution in [0.5, 0.6) is 0 Å². The minimum absolute atomic E-state index is 0.175. The van der Waals surface area contributed by atoms with E-state index in [-0.39, 0.29) is 5.91 Å². The van der Waals surface area contributed by atoms with E-state index in [0.717, 1.165) is 6.42 Å². The number of hydrogen-bond donors (Lipinski definition) is 1. The van der Waals surface area contributed by atoms with Crippen LogP contribution in [0.25, 0.3) is 0 Å². The molecule has 4 heteroatoms. The highest BCUT2D eigenvalue weighted by Crippen LogP contribution is 2.06. The third kappa shape index (κ3) is 2.22. The molecule has 1 aliphatic heterocycles. The Morgan fingerprint density at radius 3 is 3.00 bits per heavy atom. The molecule has 1 fully saturated rings. The first-order valence-corrected chi connectivity index (χ1v) is 3.65. The first kappa shape index (κ1) is 8.04. The average molecular weight is 157 g/mol. The molecule has 4 nitrogen and oxygen atoms in total. The smallest absolute Gasteiger partial charge is 0.303 e. The molecule has 0 aliphatic carbocycles. The first-order valence-electron chi connectivity index (χ1n) is 3.65. The molecule has 1 aliphatic rings. The second kappa shape index (κ2) is 3.37. The van der Waals surface area contributed by atoms with Gasteiger partial charge in [0.15, 0.2) is 6.10 Å². The molecule has 0 radical (unpaired) electrons. The summed E-state index contributed by atoms with van der Waals surface area (Å²) in [7, 11) is 0. The summed E-state index contributed by atoms with van der Waals surface area (Å²) in [4.78, 5) is 21.4. The van der Waals surface area contributed by atoms with Crippen molar-refractivity contribution in [3.05, 3.63) is 0 Å². The third-order valence-electron chi connectivity index (χ3n) is 1.54. The van der Waals surface area contributed by atoms with Crippen molar-refractivity contribution >= 4 is 11.9 Å². The van der Waals surface area contributed by atoms with Gasteiger partial charge in [-0.2, -0.15) is 0 Å². The predicted octanol–water partition coefficient (Wildman–Crippen LogP) is -0.172. The number of ether oxygens (including phenoxy) is 1. The average Bonchev–Trinajstić information content (AvgIpc) is 1.93. The number of esters is 1. The molecule has 1 atom stereocenters. The van der Waals surface area contributed by atoms with Crippen LogP contribution in [0.3, 0.4) is 0 Å². The van der Waals surface area contributed by atoms with Gasteiger partial charge >= 0.3 is 5.97 Å². The van der Waals surface area contributed by atoms with Gasteiger partial charge in [0.05, 0.1) is 0 Å². The lowest BCUT2D eigenvalue weighted by Gasteiger charge is -2.20. The molecular formula is C7H11NO3. The fourth-order valence-electron chi connectivity index (χ4n) is 1.06. The molecule has 1 heterocycles. The Balaban J connectivity index is 2.42. The van der Waals surface area contributed by atoms with E-state index < -0.39 is 12.1 Å². The quantitative estimate of drug-likeness (QED) is 0.537. The van der Waals surface area contributed by atoms with E-state index in [1.807, 2.05) is 0 Å². The lowest BCUT2D eigenvalue weighted by molar-refractivity contribution is -0.155. The van der Waals surface area contributed by atoms with E-state index in [4.69, 9.17) is 4.74 Å². The number of carbonyl (C=O) groups excluding carboxylic acids is 2. The topological polar surface area (TPSA) is 55.4 Å². The summed E-state index contributed by atoms with van der Waals surface area (Å²) in [5.41, 5.74) is 0. The molecule has 0 bridgehead atoms. The highest BCUT2D eigenvalue weighted by Gasteiger charge is 2.23. The van der Waals surface area contributed by atoms with Gasteiger partial charge in [0.2, 0.25) is 0 Å². The van der Waals surface area contributed by atoms with E-state index in [0.29, 0.717) is 13.0 Å². The summed E-state index contributed by atoms with van der Waals surface area (Å²) in [6, 6.07) is 0.